The number of hydrogen-bond acceptors (Lipinski definition) is 8. The molecule has 1 N–H and O–H groups in total. The standard InChI is InChI=1S/C22H26ClN3O6/c1-6-31-19-11-14(10-16(23)21(19)32-7-2)24-22(28)20(13(3)27)26-25-17-12-15(29-4)8-9-18(17)30-5/h8-12,20H,6-7H2,1-5H3,(H,24,28). The second-order valence-corrected chi connectivity index (χ2v) is 6.81. The minimum Gasteiger partial charge on any atom is -0.497 e. The minimum absolute atomic E-state index is 0.259. The molecule has 0 bridgehead atoms. The summed E-state index contributed by atoms with van der Waals surface area (Å²) in [6.07, 6.45) is 0. The van der Waals surface area contributed by atoms with Gasteiger partial charge in [0.05, 0.1) is 32.5 Å². The van der Waals surface area contributed by atoms with Crippen LogP contribution >= 0.6 is 11.6 Å². The molecule has 0 spiro atoms. The summed E-state index contributed by atoms with van der Waals surface area (Å²) < 4.78 is 21.5. The number of carbonyl (C=O) groups is 2. The first-order valence-corrected chi connectivity index (χ1v) is 10.3. The number of halogens is 1. The molecule has 0 saturated heterocycles. The minimum atomic E-state index is -1.38. The van der Waals surface area contributed by atoms with Gasteiger partial charge in [0.15, 0.2) is 17.3 Å². The number of azo groups is 1. The van der Waals surface area contributed by atoms with Crippen LogP contribution in [-0.4, -0.2) is 45.2 Å². The van der Waals surface area contributed by atoms with Crippen molar-refractivity contribution in [3.8, 4) is 23.0 Å². The Bertz CT molecular complexity index is 996. The monoisotopic (exact) mass is 463 g/mol. The lowest BCUT2D eigenvalue weighted by atomic mass is 10.2. The van der Waals surface area contributed by atoms with Crippen LogP contribution in [0.15, 0.2) is 40.6 Å². The lowest BCUT2D eigenvalue weighted by molar-refractivity contribution is -0.126. The largest absolute Gasteiger partial charge is 0.497 e. The number of nitrogens with one attached hydrogen (secondary N) is 1. The van der Waals surface area contributed by atoms with Gasteiger partial charge in [0.1, 0.15) is 17.2 Å². The van der Waals surface area contributed by atoms with Crippen LogP contribution in [-0.2, 0) is 9.59 Å². The molecule has 1 atom stereocenters. The number of amides is 1. The zero-order valence-corrected chi connectivity index (χ0v) is 19.4. The molecule has 0 aliphatic heterocycles. The Morgan fingerprint density at radius 3 is 2.34 bits per heavy atom. The summed E-state index contributed by atoms with van der Waals surface area (Å²) in [6, 6.07) is 6.61. The van der Waals surface area contributed by atoms with Crippen molar-refractivity contribution in [1.29, 1.82) is 0 Å². The first-order valence-electron chi connectivity index (χ1n) is 9.87. The normalized spacial score (nSPS) is 11.7. The SMILES string of the molecule is CCOc1cc(NC(=O)C(N=Nc2cc(OC)ccc2OC)C(C)=O)cc(Cl)c1OCC. The van der Waals surface area contributed by atoms with Crippen molar-refractivity contribution in [2.75, 3.05) is 32.8 Å². The van der Waals surface area contributed by atoms with Crippen molar-refractivity contribution < 1.29 is 28.5 Å². The van der Waals surface area contributed by atoms with E-state index in [0.717, 1.165) is 0 Å². The molecule has 172 valence electrons. The van der Waals surface area contributed by atoms with Gasteiger partial charge in [0.25, 0.3) is 5.91 Å². The first-order chi connectivity index (χ1) is 15.3. The van der Waals surface area contributed by atoms with E-state index in [2.05, 4.69) is 15.5 Å². The van der Waals surface area contributed by atoms with E-state index in [1.807, 2.05) is 13.8 Å². The second kappa shape index (κ2) is 11.9. The van der Waals surface area contributed by atoms with Crippen LogP contribution < -0.4 is 24.3 Å². The molecule has 32 heavy (non-hydrogen) atoms. The van der Waals surface area contributed by atoms with Crippen LogP contribution in [0.3, 0.4) is 0 Å². The predicted molar refractivity (Wildman–Crippen MR) is 121 cm³/mol. The smallest absolute Gasteiger partial charge is 0.258 e. The van der Waals surface area contributed by atoms with E-state index < -0.39 is 17.7 Å². The molecule has 2 aromatic rings. The number of ether oxygens (including phenoxy) is 4. The number of hydrogen-bond donors (Lipinski definition) is 1. The van der Waals surface area contributed by atoms with E-state index in [0.29, 0.717) is 47.6 Å². The Kier molecular flexibility index (Phi) is 9.27. The van der Waals surface area contributed by atoms with E-state index in [4.69, 9.17) is 30.5 Å². The zero-order chi connectivity index (χ0) is 23.7. The molecule has 0 aromatic heterocycles. The van der Waals surface area contributed by atoms with E-state index in [1.54, 1.807) is 24.3 Å². The molecule has 10 heteroatoms. The quantitative estimate of drug-likeness (QED) is 0.377. The lowest BCUT2D eigenvalue weighted by Crippen LogP contribution is -2.31. The average Bonchev–Trinajstić information content (AvgIpc) is 2.76. The second-order valence-electron chi connectivity index (χ2n) is 6.41. The molecular weight excluding hydrogens is 438 g/mol. The Balaban J connectivity index is 2.30. The van der Waals surface area contributed by atoms with Gasteiger partial charge in [-0.05, 0) is 39.0 Å². The molecule has 2 aromatic carbocycles. The van der Waals surface area contributed by atoms with Crippen LogP contribution in [0.25, 0.3) is 0 Å². The highest BCUT2D eigenvalue weighted by Gasteiger charge is 2.24. The fraction of sp³-hybridized carbons (Fsp3) is 0.364. The molecular formula is C22H26ClN3O6. The van der Waals surface area contributed by atoms with Gasteiger partial charge in [-0.25, -0.2) is 0 Å². The highest BCUT2D eigenvalue weighted by atomic mass is 35.5. The van der Waals surface area contributed by atoms with Crippen LogP contribution in [0.2, 0.25) is 5.02 Å². The van der Waals surface area contributed by atoms with Crippen LogP contribution in [0, 0.1) is 0 Å². The summed E-state index contributed by atoms with van der Waals surface area (Å²) >= 11 is 6.29. The fourth-order valence-corrected chi connectivity index (χ4v) is 2.98. The van der Waals surface area contributed by atoms with Gasteiger partial charge in [-0.3, -0.25) is 9.59 Å². The van der Waals surface area contributed by atoms with E-state index in [-0.39, 0.29) is 5.02 Å². The Hall–Kier alpha value is -3.33. The van der Waals surface area contributed by atoms with Crippen LogP contribution in [0.5, 0.6) is 23.0 Å². The molecule has 2 rings (SSSR count). The maximum absolute atomic E-state index is 12.8. The first kappa shape index (κ1) is 24.9. The van der Waals surface area contributed by atoms with Crippen LogP contribution in [0.1, 0.15) is 20.8 Å². The number of carbonyl (C=O) groups excluding carboxylic acids is 2. The Morgan fingerprint density at radius 1 is 1.03 bits per heavy atom. The molecule has 0 heterocycles. The third kappa shape index (κ3) is 6.34. The van der Waals surface area contributed by atoms with Crippen molar-refractivity contribution in [2.24, 2.45) is 10.2 Å². The summed E-state index contributed by atoms with van der Waals surface area (Å²) in [5.74, 6) is 0.523. The Morgan fingerprint density at radius 2 is 1.75 bits per heavy atom. The van der Waals surface area contributed by atoms with Gasteiger partial charge in [-0.2, -0.15) is 10.2 Å². The van der Waals surface area contributed by atoms with Crippen molar-refractivity contribution in [3.63, 3.8) is 0 Å². The van der Waals surface area contributed by atoms with Crippen LogP contribution in [0.4, 0.5) is 11.4 Å². The number of benzene rings is 2. The molecule has 1 amide bonds. The number of methoxy groups -OCH3 is 2. The average molecular weight is 464 g/mol. The van der Waals surface area contributed by atoms with Crippen molar-refractivity contribution in [2.45, 2.75) is 26.8 Å². The predicted octanol–water partition coefficient (Wildman–Crippen LogP) is 4.83. The van der Waals surface area contributed by atoms with Gasteiger partial charge in [0.2, 0.25) is 6.04 Å². The van der Waals surface area contributed by atoms with Gasteiger partial charge in [-0.15, -0.1) is 0 Å². The molecule has 0 saturated carbocycles. The Labute approximate surface area is 191 Å². The lowest BCUT2D eigenvalue weighted by Gasteiger charge is -2.15. The van der Waals surface area contributed by atoms with Crippen molar-refractivity contribution in [1.82, 2.24) is 0 Å². The summed E-state index contributed by atoms with van der Waals surface area (Å²) in [5.41, 5.74) is 0.640. The van der Waals surface area contributed by atoms with E-state index >= 15 is 0 Å². The summed E-state index contributed by atoms with van der Waals surface area (Å²) in [4.78, 5) is 24.9. The van der Waals surface area contributed by atoms with Crippen molar-refractivity contribution in [3.05, 3.63) is 35.4 Å². The molecule has 1 unspecified atom stereocenters. The third-order valence-electron chi connectivity index (χ3n) is 4.17. The molecule has 9 nitrogen and oxygen atoms in total. The number of nitrogens with zero attached hydrogens (tertiary/aromatic N) is 2. The van der Waals surface area contributed by atoms with Gasteiger partial charge < -0.3 is 24.3 Å². The fourth-order valence-electron chi connectivity index (χ4n) is 2.71. The van der Waals surface area contributed by atoms with Gasteiger partial charge >= 0.3 is 0 Å². The highest BCUT2D eigenvalue weighted by molar-refractivity contribution is 6.32. The van der Waals surface area contributed by atoms with Crippen molar-refractivity contribution >= 4 is 34.7 Å². The maximum atomic E-state index is 12.8. The summed E-state index contributed by atoms with van der Waals surface area (Å²) in [5, 5.41) is 10.9. The number of Topliss-reactive ketones (excluding diaryl/α,β-unsaturated/α-hetero) is 1. The molecule has 0 aliphatic carbocycles. The molecule has 0 aliphatic rings. The third-order valence-corrected chi connectivity index (χ3v) is 4.45. The summed E-state index contributed by atoms with van der Waals surface area (Å²) in [7, 11) is 2.98. The zero-order valence-electron chi connectivity index (χ0n) is 18.6. The molecule has 0 radical (unpaired) electrons. The van der Waals surface area contributed by atoms with Gasteiger partial charge in [0, 0.05) is 17.8 Å². The van der Waals surface area contributed by atoms with Gasteiger partial charge in [-0.1, -0.05) is 11.6 Å². The number of anilines is 1. The maximum Gasteiger partial charge on any atom is 0.258 e. The van der Waals surface area contributed by atoms with E-state index in [9.17, 15) is 9.59 Å². The molecule has 0 fully saturated rings. The highest BCUT2D eigenvalue weighted by Crippen LogP contribution is 2.38. The number of ketones is 1. The number of rotatable bonds is 11. The topological polar surface area (TPSA) is 108 Å². The van der Waals surface area contributed by atoms with E-state index in [1.165, 1.54) is 27.2 Å². The summed E-state index contributed by atoms with van der Waals surface area (Å²) in [6.45, 7) is 5.66.